The Morgan fingerprint density at radius 3 is 2.68 bits per heavy atom. The molecule has 0 saturated carbocycles. The number of imidazole rings is 1. The van der Waals surface area contributed by atoms with Gasteiger partial charge in [0.2, 0.25) is 0 Å². The zero-order valence-electron chi connectivity index (χ0n) is 13.1. The van der Waals surface area contributed by atoms with Crippen molar-refractivity contribution in [3.63, 3.8) is 0 Å². The Kier molecular flexibility index (Phi) is 4.33. The molecule has 1 heterocycles. The van der Waals surface area contributed by atoms with Crippen molar-refractivity contribution >= 4 is 17.2 Å². The van der Waals surface area contributed by atoms with Gasteiger partial charge >= 0.3 is 0 Å². The van der Waals surface area contributed by atoms with E-state index >= 15 is 0 Å². The average molecular weight is 291 g/mol. The number of para-hydroxylation sites is 2. The number of benzene rings is 2. The number of aliphatic imine (C=N–C) groups is 1. The third kappa shape index (κ3) is 3.08. The number of aromatic amines is 1. The Morgan fingerprint density at radius 2 is 1.91 bits per heavy atom. The minimum Gasteiger partial charge on any atom is -0.337 e. The van der Waals surface area contributed by atoms with E-state index in [2.05, 4.69) is 47.0 Å². The van der Waals surface area contributed by atoms with Gasteiger partial charge in [0.1, 0.15) is 5.82 Å². The molecule has 3 rings (SSSR count). The normalized spacial score (nSPS) is 11.5. The average Bonchev–Trinajstić information content (AvgIpc) is 2.97. The maximum Gasteiger partial charge on any atom is 0.149 e. The lowest BCUT2D eigenvalue weighted by molar-refractivity contribution is 0.990. The first kappa shape index (κ1) is 14.5. The van der Waals surface area contributed by atoms with Gasteiger partial charge in [-0.25, -0.2) is 4.98 Å². The molecule has 0 fully saturated rings. The van der Waals surface area contributed by atoms with Crippen molar-refractivity contribution in [1.82, 2.24) is 9.97 Å². The van der Waals surface area contributed by atoms with Crippen LogP contribution >= 0.6 is 0 Å². The number of hydrogen-bond donors (Lipinski definition) is 1. The standard InChI is InChI=1S/C19H21N3/c1-3-14-9-10-16(15(4-2)11-14)12-20-13-19-21-17-7-5-6-8-18(17)22-19/h5-11,13H,3-4,12H2,1-2H3,(H,21,22). The quantitative estimate of drug-likeness (QED) is 0.699. The van der Waals surface area contributed by atoms with E-state index in [0.717, 1.165) is 29.7 Å². The molecule has 0 radical (unpaired) electrons. The van der Waals surface area contributed by atoms with Gasteiger partial charge in [-0.3, -0.25) is 4.99 Å². The van der Waals surface area contributed by atoms with Crippen LogP contribution in [0.25, 0.3) is 11.0 Å². The summed E-state index contributed by atoms with van der Waals surface area (Å²) in [5, 5.41) is 0. The predicted molar refractivity (Wildman–Crippen MR) is 92.6 cm³/mol. The van der Waals surface area contributed by atoms with E-state index in [1.54, 1.807) is 0 Å². The molecule has 0 unspecified atom stereocenters. The van der Waals surface area contributed by atoms with Gasteiger partial charge in [-0.05, 0) is 41.7 Å². The number of hydrogen-bond acceptors (Lipinski definition) is 2. The van der Waals surface area contributed by atoms with Gasteiger partial charge in [-0.2, -0.15) is 0 Å². The summed E-state index contributed by atoms with van der Waals surface area (Å²) in [7, 11) is 0. The maximum atomic E-state index is 4.55. The predicted octanol–water partition coefficient (Wildman–Crippen LogP) is 4.31. The lowest BCUT2D eigenvalue weighted by Crippen LogP contribution is -1.94. The Balaban J connectivity index is 1.76. The van der Waals surface area contributed by atoms with E-state index in [4.69, 9.17) is 0 Å². The van der Waals surface area contributed by atoms with E-state index in [1.165, 1.54) is 16.7 Å². The van der Waals surface area contributed by atoms with Crippen molar-refractivity contribution in [3.05, 3.63) is 65.0 Å². The summed E-state index contributed by atoms with van der Waals surface area (Å²) in [5.41, 5.74) is 6.10. The van der Waals surface area contributed by atoms with Crippen LogP contribution < -0.4 is 0 Å². The first-order valence-corrected chi connectivity index (χ1v) is 7.85. The fourth-order valence-electron chi connectivity index (χ4n) is 2.65. The van der Waals surface area contributed by atoms with Gasteiger partial charge < -0.3 is 4.98 Å². The summed E-state index contributed by atoms with van der Waals surface area (Å²) >= 11 is 0. The van der Waals surface area contributed by atoms with Gasteiger partial charge in [0.15, 0.2) is 0 Å². The van der Waals surface area contributed by atoms with Crippen LogP contribution in [0.4, 0.5) is 0 Å². The molecule has 0 bridgehead atoms. The molecule has 2 aromatic carbocycles. The third-order valence-electron chi connectivity index (χ3n) is 3.94. The molecule has 1 aromatic heterocycles. The van der Waals surface area contributed by atoms with Crippen LogP contribution in [0, 0.1) is 0 Å². The summed E-state index contributed by atoms with van der Waals surface area (Å²) < 4.78 is 0. The Morgan fingerprint density at radius 1 is 1.05 bits per heavy atom. The number of fused-ring (bicyclic) bond motifs is 1. The van der Waals surface area contributed by atoms with Crippen molar-refractivity contribution in [1.29, 1.82) is 0 Å². The van der Waals surface area contributed by atoms with Crippen molar-refractivity contribution in [2.75, 3.05) is 0 Å². The number of aryl methyl sites for hydroxylation is 2. The molecule has 3 heteroatoms. The highest BCUT2D eigenvalue weighted by Crippen LogP contribution is 2.15. The second-order valence-electron chi connectivity index (χ2n) is 5.42. The molecule has 0 atom stereocenters. The van der Waals surface area contributed by atoms with Crippen LogP contribution in [-0.4, -0.2) is 16.2 Å². The zero-order valence-corrected chi connectivity index (χ0v) is 13.1. The van der Waals surface area contributed by atoms with Crippen molar-refractivity contribution in [2.45, 2.75) is 33.2 Å². The molecular formula is C19H21N3. The van der Waals surface area contributed by atoms with Crippen molar-refractivity contribution in [3.8, 4) is 0 Å². The lowest BCUT2D eigenvalue weighted by Gasteiger charge is -2.07. The van der Waals surface area contributed by atoms with Crippen LogP contribution in [0.3, 0.4) is 0 Å². The number of nitrogens with zero attached hydrogens (tertiary/aromatic N) is 2. The molecule has 1 N–H and O–H groups in total. The Bertz CT molecular complexity index is 766. The summed E-state index contributed by atoms with van der Waals surface area (Å²) in [6, 6.07) is 14.7. The number of nitrogens with one attached hydrogen (secondary N) is 1. The molecule has 0 aliphatic rings. The van der Waals surface area contributed by atoms with Crippen molar-refractivity contribution < 1.29 is 0 Å². The number of aromatic nitrogens is 2. The van der Waals surface area contributed by atoms with Gasteiger partial charge in [0, 0.05) is 0 Å². The van der Waals surface area contributed by atoms with Gasteiger partial charge in [0.25, 0.3) is 0 Å². The van der Waals surface area contributed by atoms with E-state index < -0.39 is 0 Å². The third-order valence-corrected chi connectivity index (χ3v) is 3.94. The largest absolute Gasteiger partial charge is 0.337 e. The van der Waals surface area contributed by atoms with Crippen LogP contribution in [0.1, 0.15) is 36.4 Å². The Hall–Kier alpha value is -2.42. The molecule has 3 aromatic rings. The van der Waals surface area contributed by atoms with Crippen LogP contribution in [-0.2, 0) is 19.4 Å². The smallest absolute Gasteiger partial charge is 0.149 e. The van der Waals surface area contributed by atoms with E-state index in [1.807, 2.05) is 30.5 Å². The minimum atomic E-state index is 0.699. The fraction of sp³-hybridized carbons (Fsp3) is 0.263. The van der Waals surface area contributed by atoms with Gasteiger partial charge in [0.05, 0.1) is 23.8 Å². The zero-order chi connectivity index (χ0) is 15.4. The highest BCUT2D eigenvalue weighted by Gasteiger charge is 2.02. The fourth-order valence-corrected chi connectivity index (χ4v) is 2.65. The summed E-state index contributed by atoms with van der Waals surface area (Å²) in [5.74, 6) is 0.810. The highest BCUT2D eigenvalue weighted by atomic mass is 14.9. The second-order valence-corrected chi connectivity index (χ2v) is 5.42. The lowest BCUT2D eigenvalue weighted by atomic mass is 10.0. The summed E-state index contributed by atoms with van der Waals surface area (Å²) in [6.07, 6.45) is 3.95. The van der Waals surface area contributed by atoms with E-state index in [0.29, 0.717) is 6.54 Å². The monoisotopic (exact) mass is 291 g/mol. The summed E-state index contributed by atoms with van der Waals surface area (Å²) in [4.78, 5) is 12.3. The first-order chi connectivity index (χ1) is 10.8. The van der Waals surface area contributed by atoms with Crippen LogP contribution in [0.2, 0.25) is 0 Å². The molecule has 0 saturated heterocycles. The molecule has 22 heavy (non-hydrogen) atoms. The first-order valence-electron chi connectivity index (χ1n) is 7.85. The molecule has 0 spiro atoms. The molecule has 112 valence electrons. The molecular weight excluding hydrogens is 270 g/mol. The SMILES string of the molecule is CCc1ccc(CN=Cc2nc3ccccc3[nH]2)c(CC)c1. The maximum absolute atomic E-state index is 4.55. The van der Waals surface area contributed by atoms with Gasteiger partial charge in [-0.1, -0.05) is 44.2 Å². The number of H-pyrrole nitrogens is 1. The van der Waals surface area contributed by atoms with E-state index in [-0.39, 0.29) is 0 Å². The second kappa shape index (κ2) is 6.56. The topological polar surface area (TPSA) is 41.0 Å². The molecule has 3 nitrogen and oxygen atoms in total. The minimum absolute atomic E-state index is 0.699. The number of rotatable bonds is 5. The summed E-state index contributed by atoms with van der Waals surface area (Å²) in [6.45, 7) is 5.08. The molecule has 0 aliphatic heterocycles. The molecule has 0 amide bonds. The highest BCUT2D eigenvalue weighted by molar-refractivity contribution is 5.83. The molecule has 0 aliphatic carbocycles. The van der Waals surface area contributed by atoms with Gasteiger partial charge in [-0.15, -0.1) is 0 Å². The van der Waals surface area contributed by atoms with Crippen LogP contribution in [0.15, 0.2) is 47.5 Å². The Labute approximate surface area is 131 Å². The van der Waals surface area contributed by atoms with E-state index in [9.17, 15) is 0 Å². The van der Waals surface area contributed by atoms with Crippen molar-refractivity contribution in [2.24, 2.45) is 4.99 Å². The van der Waals surface area contributed by atoms with Crippen LogP contribution in [0.5, 0.6) is 0 Å².